The number of nitrogens with one attached hydrogen (secondary N) is 1. The predicted molar refractivity (Wildman–Crippen MR) is 96.7 cm³/mol. The van der Waals surface area contributed by atoms with E-state index in [0.717, 1.165) is 36.3 Å². The fourth-order valence-electron chi connectivity index (χ4n) is 3.33. The number of carbonyl (C=O) groups is 1. The molecule has 3 rings (SSSR count). The third-order valence-electron chi connectivity index (χ3n) is 4.80. The lowest BCUT2D eigenvalue weighted by Crippen LogP contribution is -2.34. The van der Waals surface area contributed by atoms with E-state index in [1.54, 1.807) is 6.20 Å². The molecule has 1 fully saturated rings. The second-order valence-corrected chi connectivity index (χ2v) is 6.50. The standard InChI is InChI=1S/C20H25N3O2/c21-12-16-4-3-6-19(16)20(24)23-13-15-7-9-18(10-8-15)25-14-17-5-1-2-11-22-17/h1-2,5,7-11,16,19H,3-4,6,12-14,21H2,(H,23,24)/t16-,19-/m1/s1. The topological polar surface area (TPSA) is 77.2 Å². The van der Waals surface area contributed by atoms with Crippen molar-refractivity contribution in [2.45, 2.75) is 32.4 Å². The van der Waals surface area contributed by atoms with Crippen LogP contribution in [0.4, 0.5) is 0 Å². The molecule has 2 aromatic rings. The minimum absolute atomic E-state index is 0.0750. The number of rotatable bonds is 7. The number of carbonyl (C=O) groups excluding carboxylic acids is 1. The van der Waals surface area contributed by atoms with Crippen molar-refractivity contribution in [2.24, 2.45) is 17.6 Å². The maximum absolute atomic E-state index is 12.3. The summed E-state index contributed by atoms with van der Waals surface area (Å²) in [6.45, 7) is 1.58. The quantitative estimate of drug-likeness (QED) is 0.813. The molecule has 25 heavy (non-hydrogen) atoms. The van der Waals surface area contributed by atoms with E-state index in [9.17, 15) is 4.79 Å². The van der Waals surface area contributed by atoms with Crippen molar-refractivity contribution in [2.75, 3.05) is 6.54 Å². The van der Waals surface area contributed by atoms with Crippen molar-refractivity contribution >= 4 is 5.91 Å². The highest BCUT2D eigenvalue weighted by atomic mass is 16.5. The van der Waals surface area contributed by atoms with Gasteiger partial charge in [-0.3, -0.25) is 9.78 Å². The zero-order valence-corrected chi connectivity index (χ0v) is 14.4. The number of hydrogen-bond donors (Lipinski definition) is 2. The number of pyridine rings is 1. The van der Waals surface area contributed by atoms with E-state index in [0.29, 0.717) is 25.6 Å². The van der Waals surface area contributed by atoms with E-state index in [2.05, 4.69) is 10.3 Å². The van der Waals surface area contributed by atoms with Crippen LogP contribution in [0, 0.1) is 11.8 Å². The lowest BCUT2D eigenvalue weighted by molar-refractivity contribution is -0.126. The second kappa shape index (κ2) is 8.62. The van der Waals surface area contributed by atoms with Gasteiger partial charge in [-0.25, -0.2) is 0 Å². The Kier molecular flexibility index (Phi) is 6.01. The van der Waals surface area contributed by atoms with E-state index in [4.69, 9.17) is 10.5 Å². The zero-order valence-electron chi connectivity index (χ0n) is 14.4. The van der Waals surface area contributed by atoms with Crippen LogP contribution in [0.1, 0.15) is 30.5 Å². The third-order valence-corrected chi connectivity index (χ3v) is 4.80. The first-order valence-electron chi connectivity index (χ1n) is 8.85. The number of nitrogens with two attached hydrogens (primary N) is 1. The van der Waals surface area contributed by atoms with Gasteiger partial charge >= 0.3 is 0 Å². The summed E-state index contributed by atoms with van der Waals surface area (Å²) >= 11 is 0. The SMILES string of the molecule is NC[C@H]1CCC[C@H]1C(=O)NCc1ccc(OCc2ccccn2)cc1. The van der Waals surface area contributed by atoms with Gasteiger partial charge in [0.15, 0.2) is 0 Å². The Morgan fingerprint density at radius 2 is 2.04 bits per heavy atom. The van der Waals surface area contributed by atoms with E-state index >= 15 is 0 Å². The fraction of sp³-hybridized carbons (Fsp3) is 0.400. The maximum Gasteiger partial charge on any atom is 0.223 e. The molecule has 1 saturated carbocycles. The first-order chi connectivity index (χ1) is 12.3. The van der Waals surface area contributed by atoms with Gasteiger partial charge < -0.3 is 15.8 Å². The Morgan fingerprint density at radius 3 is 2.76 bits per heavy atom. The van der Waals surface area contributed by atoms with Crippen LogP contribution in [0.5, 0.6) is 5.75 Å². The zero-order chi connectivity index (χ0) is 17.5. The maximum atomic E-state index is 12.3. The molecule has 0 bridgehead atoms. The van der Waals surface area contributed by atoms with Gasteiger partial charge in [0.25, 0.3) is 0 Å². The van der Waals surface area contributed by atoms with Gasteiger partial charge in [0, 0.05) is 18.7 Å². The molecule has 0 radical (unpaired) electrons. The van der Waals surface area contributed by atoms with Crippen LogP contribution in [0.2, 0.25) is 0 Å². The Hall–Kier alpha value is -2.40. The Balaban J connectivity index is 1.47. The highest BCUT2D eigenvalue weighted by molar-refractivity contribution is 5.79. The minimum Gasteiger partial charge on any atom is -0.487 e. The number of amides is 1. The summed E-state index contributed by atoms with van der Waals surface area (Å²) in [6, 6.07) is 13.5. The van der Waals surface area contributed by atoms with Gasteiger partial charge in [-0.1, -0.05) is 24.6 Å². The smallest absolute Gasteiger partial charge is 0.223 e. The van der Waals surface area contributed by atoms with E-state index in [-0.39, 0.29) is 11.8 Å². The third kappa shape index (κ3) is 4.79. The lowest BCUT2D eigenvalue weighted by atomic mass is 9.95. The van der Waals surface area contributed by atoms with E-state index in [1.807, 2.05) is 42.5 Å². The van der Waals surface area contributed by atoms with Gasteiger partial charge in [0.05, 0.1) is 5.69 Å². The number of benzene rings is 1. The Labute approximate surface area is 148 Å². The number of hydrogen-bond acceptors (Lipinski definition) is 4. The Bertz CT molecular complexity index is 673. The molecule has 0 saturated heterocycles. The number of ether oxygens (including phenoxy) is 1. The number of nitrogens with zero attached hydrogens (tertiary/aromatic N) is 1. The summed E-state index contributed by atoms with van der Waals surface area (Å²) in [5.41, 5.74) is 7.71. The van der Waals surface area contributed by atoms with Crippen LogP contribution >= 0.6 is 0 Å². The first kappa shape index (κ1) is 17.4. The van der Waals surface area contributed by atoms with Crippen LogP contribution in [0.15, 0.2) is 48.7 Å². The molecule has 132 valence electrons. The van der Waals surface area contributed by atoms with Crippen molar-refractivity contribution in [1.29, 1.82) is 0 Å². The molecule has 3 N–H and O–H groups in total. The summed E-state index contributed by atoms with van der Waals surface area (Å²) in [5, 5.41) is 3.04. The van der Waals surface area contributed by atoms with Crippen LogP contribution in [0.25, 0.3) is 0 Å². The van der Waals surface area contributed by atoms with Gasteiger partial charge in [-0.2, -0.15) is 0 Å². The van der Waals surface area contributed by atoms with Crippen molar-refractivity contribution in [3.05, 3.63) is 59.9 Å². The van der Waals surface area contributed by atoms with Crippen molar-refractivity contribution in [3.8, 4) is 5.75 Å². The van der Waals surface area contributed by atoms with Crippen LogP contribution in [-0.2, 0) is 17.9 Å². The molecule has 1 aliphatic carbocycles. The normalized spacial score (nSPS) is 19.6. The fourth-order valence-corrected chi connectivity index (χ4v) is 3.33. The van der Waals surface area contributed by atoms with Crippen molar-refractivity contribution in [3.63, 3.8) is 0 Å². The molecule has 0 unspecified atom stereocenters. The molecule has 1 aliphatic rings. The van der Waals surface area contributed by atoms with Crippen LogP contribution in [0.3, 0.4) is 0 Å². The molecular weight excluding hydrogens is 314 g/mol. The summed E-state index contributed by atoms with van der Waals surface area (Å²) in [7, 11) is 0. The molecule has 5 heteroatoms. The van der Waals surface area contributed by atoms with Crippen LogP contribution < -0.4 is 15.8 Å². The number of aromatic nitrogens is 1. The van der Waals surface area contributed by atoms with Crippen LogP contribution in [-0.4, -0.2) is 17.4 Å². The summed E-state index contributed by atoms with van der Waals surface area (Å²) in [6.07, 6.45) is 4.87. The Morgan fingerprint density at radius 1 is 1.20 bits per heavy atom. The monoisotopic (exact) mass is 339 g/mol. The molecule has 1 heterocycles. The van der Waals surface area contributed by atoms with Crippen molar-refractivity contribution < 1.29 is 9.53 Å². The van der Waals surface area contributed by atoms with Gasteiger partial charge in [0.2, 0.25) is 5.91 Å². The molecule has 1 aromatic heterocycles. The van der Waals surface area contributed by atoms with Gasteiger partial charge in [0.1, 0.15) is 12.4 Å². The molecular formula is C20H25N3O2. The molecule has 2 atom stereocenters. The predicted octanol–water partition coefficient (Wildman–Crippen LogP) is 2.65. The molecule has 1 aromatic carbocycles. The lowest BCUT2D eigenvalue weighted by Gasteiger charge is -2.17. The highest BCUT2D eigenvalue weighted by Gasteiger charge is 2.31. The summed E-state index contributed by atoms with van der Waals surface area (Å²) in [5.74, 6) is 1.33. The van der Waals surface area contributed by atoms with Gasteiger partial charge in [-0.15, -0.1) is 0 Å². The molecule has 0 aliphatic heterocycles. The van der Waals surface area contributed by atoms with E-state index in [1.165, 1.54) is 0 Å². The second-order valence-electron chi connectivity index (χ2n) is 6.50. The largest absolute Gasteiger partial charge is 0.487 e. The summed E-state index contributed by atoms with van der Waals surface area (Å²) < 4.78 is 5.72. The highest BCUT2D eigenvalue weighted by Crippen LogP contribution is 2.31. The molecule has 0 spiro atoms. The van der Waals surface area contributed by atoms with E-state index < -0.39 is 0 Å². The van der Waals surface area contributed by atoms with Gasteiger partial charge in [-0.05, 0) is 55.1 Å². The average molecular weight is 339 g/mol. The minimum atomic E-state index is 0.0750. The average Bonchev–Trinajstić information content (AvgIpc) is 3.15. The first-order valence-corrected chi connectivity index (χ1v) is 8.85. The van der Waals surface area contributed by atoms with Crippen molar-refractivity contribution in [1.82, 2.24) is 10.3 Å². The molecule has 1 amide bonds. The summed E-state index contributed by atoms with van der Waals surface area (Å²) in [4.78, 5) is 16.5. The molecule has 5 nitrogen and oxygen atoms in total.